The van der Waals surface area contributed by atoms with E-state index in [0.29, 0.717) is 6.42 Å². The Morgan fingerprint density at radius 2 is 2.62 bits per heavy atom. The van der Waals surface area contributed by atoms with Crippen LogP contribution in [0.4, 0.5) is 0 Å². The van der Waals surface area contributed by atoms with Gasteiger partial charge in [-0.3, -0.25) is 0 Å². The van der Waals surface area contributed by atoms with E-state index in [2.05, 4.69) is 4.37 Å². The molecule has 8 heavy (non-hydrogen) atoms. The lowest BCUT2D eigenvalue weighted by molar-refractivity contribution is 0.298. The lowest BCUT2D eigenvalue weighted by Gasteiger charge is -1.84. The van der Waals surface area contributed by atoms with Crippen LogP contribution in [0.5, 0.6) is 0 Å². The molecular formula is C5H7NOS. The molecule has 1 rings (SSSR count). The molecule has 0 atom stereocenters. The average Bonchev–Trinajstić information content (AvgIpc) is 2.19. The van der Waals surface area contributed by atoms with Gasteiger partial charge in [0.15, 0.2) is 0 Å². The maximum Gasteiger partial charge on any atom is 0.0564 e. The SMILES string of the molecule is OCCc1ccsn1. The number of aromatic nitrogens is 1. The molecule has 1 heterocycles. The molecule has 44 valence electrons. The largest absolute Gasteiger partial charge is 0.396 e. The smallest absolute Gasteiger partial charge is 0.0564 e. The molecule has 0 amide bonds. The number of hydrogen-bond acceptors (Lipinski definition) is 3. The molecule has 0 fully saturated rings. The Kier molecular flexibility index (Phi) is 2.00. The molecule has 0 aliphatic rings. The number of rotatable bonds is 2. The third kappa shape index (κ3) is 1.28. The van der Waals surface area contributed by atoms with E-state index in [1.807, 2.05) is 11.4 Å². The minimum atomic E-state index is 0.198. The molecule has 3 heteroatoms. The van der Waals surface area contributed by atoms with E-state index in [-0.39, 0.29) is 6.61 Å². The first-order valence-electron chi connectivity index (χ1n) is 2.43. The lowest BCUT2D eigenvalue weighted by atomic mass is 10.3. The van der Waals surface area contributed by atoms with Gasteiger partial charge >= 0.3 is 0 Å². The Bertz CT molecular complexity index is 138. The predicted octanol–water partition coefficient (Wildman–Crippen LogP) is 0.678. The highest BCUT2D eigenvalue weighted by Crippen LogP contribution is 1.98. The maximum atomic E-state index is 8.40. The fraction of sp³-hybridized carbons (Fsp3) is 0.400. The number of aliphatic hydroxyl groups is 1. The molecular weight excluding hydrogens is 122 g/mol. The fourth-order valence-electron chi connectivity index (χ4n) is 0.481. The minimum Gasteiger partial charge on any atom is -0.396 e. The topological polar surface area (TPSA) is 33.1 Å². The van der Waals surface area contributed by atoms with Crippen LogP contribution in [0.3, 0.4) is 0 Å². The van der Waals surface area contributed by atoms with Gasteiger partial charge in [-0.2, -0.15) is 4.37 Å². The van der Waals surface area contributed by atoms with Crippen LogP contribution in [0, 0.1) is 0 Å². The molecule has 1 aromatic heterocycles. The second-order valence-electron chi connectivity index (χ2n) is 1.46. The second kappa shape index (κ2) is 2.79. The van der Waals surface area contributed by atoms with Gasteiger partial charge in [-0.1, -0.05) is 0 Å². The van der Waals surface area contributed by atoms with Crippen LogP contribution in [0.2, 0.25) is 0 Å². The van der Waals surface area contributed by atoms with Gasteiger partial charge in [-0.05, 0) is 17.6 Å². The number of aliphatic hydroxyl groups excluding tert-OH is 1. The Morgan fingerprint density at radius 1 is 1.75 bits per heavy atom. The Labute approximate surface area is 52.0 Å². The molecule has 1 aromatic rings. The van der Waals surface area contributed by atoms with Gasteiger partial charge in [-0.15, -0.1) is 0 Å². The van der Waals surface area contributed by atoms with Crippen LogP contribution in [0.15, 0.2) is 11.4 Å². The van der Waals surface area contributed by atoms with Crippen molar-refractivity contribution < 1.29 is 5.11 Å². The zero-order valence-electron chi connectivity index (χ0n) is 4.37. The summed E-state index contributed by atoms with van der Waals surface area (Å²) >= 11 is 1.42. The monoisotopic (exact) mass is 129 g/mol. The summed E-state index contributed by atoms with van der Waals surface area (Å²) in [5.41, 5.74) is 0.984. The van der Waals surface area contributed by atoms with Crippen molar-refractivity contribution in [1.82, 2.24) is 4.37 Å². The van der Waals surface area contributed by atoms with Gasteiger partial charge in [-0.25, -0.2) is 0 Å². The molecule has 0 aromatic carbocycles. The molecule has 0 radical (unpaired) electrons. The molecule has 0 spiro atoms. The number of nitrogens with zero attached hydrogens (tertiary/aromatic N) is 1. The third-order valence-corrected chi connectivity index (χ3v) is 1.46. The van der Waals surface area contributed by atoms with Crippen LogP contribution in [-0.2, 0) is 6.42 Å². The van der Waals surface area contributed by atoms with Crippen molar-refractivity contribution in [1.29, 1.82) is 0 Å². The molecule has 0 saturated heterocycles. The number of hydrogen-bond donors (Lipinski definition) is 1. The van der Waals surface area contributed by atoms with E-state index >= 15 is 0 Å². The van der Waals surface area contributed by atoms with Crippen molar-refractivity contribution in [2.45, 2.75) is 6.42 Å². The normalized spacial score (nSPS) is 9.62. The van der Waals surface area contributed by atoms with E-state index < -0.39 is 0 Å². The Morgan fingerprint density at radius 3 is 3.12 bits per heavy atom. The van der Waals surface area contributed by atoms with Crippen molar-refractivity contribution in [2.75, 3.05) is 6.61 Å². The molecule has 0 aliphatic heterocycles. The van der Waals surface area contributed by atoms with E-state index in [1.54, 1.807) is 0 Å². The summed E-state index contributed by atoms with van der Waals surface area (Å²) in [6.07, 6.45) is 0.684. The molecule has 2 nitrogen and oxygen atoms in total. The van der Waals surface area contributed by atoms with Crippen molar-refractivity contribution in [3.63, 3.8) is 0 Å². The molecule has 0 aliphatic carbocycles. The van der Waals surface area contributed by atoms with Gasteiger partial charge in [0.05, 0.1) is 5.69 Å². The first-order chi connectivity index (χ1) is 3.93. The highest BCUT2D eigenvalue weighted by atomic mass is 32.1. The molecule has 1 N–H and O–H groups in total. The average molecular weight is 129 g/mol. The van der Waals surface area contributed by atoms with Gasteiger partial charge in [0.25, 0.3) is 0 Å². The van der Waals surface area contributed by atoms with Crippen LogP contribution >= 0.6 is 11.5 Å². The van der Waals surface area contributed by atoms with Crippen LogP contribution in [0.1, 0.15) is 5.69 Å². The van der Waals surface area contributed by atoms with Gasteiger partial charge in [0.2, 0.25) is 0 Å². The minimum absolute atomic E-state index is 0.198. The lowest BCUT2D eigenvalue weighted by Crippen LogP contribution is -1.88. The second-order valence-corrected chi connectivity index (χ2v) is 2.13. The van der Waals surface area contributed by atoms with Crippen LogP contribution in [-0.4, -0.2) is 16.1 Å². The highest BCUT2D eigenvalue weighted by molar-refractivity contribution is 7.03. The summed E-state index contributed by atoms with van der Waals surface area (Å²) < 4.78 is 3.99. The standard InChI is InChI=1S/C5H7NOS/c7-3-1-5-2-4-8-6-5/h2,4,7H,1,3H2. The maximum absolute atomic E-state index is 8.40. The van der Waals surface area contributed by atoms with Crippen LogP contribution in [0.25, 0.3) is 0 Å². The molecule has 0 saturated carbocycles. The molecule has 0 unspecified atom stereocenters. The predicted molar refractivity (Wildman–Crippen MR) is 32.9 cm³/mol. The van der Waals surface area contributed by atoms with E-state index in [0.717, 1.165) is 5.69 Å². The third-order valence-electron chi connectivity index (χ3n) is 0.859. The Hall–Kier alpha value is -0.410. The van der Waals surface area contributed by atoms with E-state index in [4.69, 9.17) is 5.11 Å². The zero-order chi connectivity index (χ0) is 5.82. The van der Waals surface area contributed by atoms with Crippen molar-refractivity contribution in [3.05, 3.63) is 17.1 Å². The quantitative estimate of drug-likeness (QED) is 0.637. The van der Waals surface area contributed by atoms with Crippen molar-refractivity contribution in [2.24, 2.45) is 0 Å². The molecule has 0 bridgehead atoms. The van der Waals surface area contributed by atoms with Gasteiger partial charge < -0.3 is 5.11 Å². The fourth-order valence-corrected chi connectivity index (χ4v) is 1.05. The van der Waals surface area contributed by atoms with Crippen molar-refractivity contribution in [3.8, 4) is 0 Å². The van der Waals surface area contributed by atoms with E-state index in [9.17, 15) is 0 Å². The summed E-state index contributed by atoms with van der Waals surface area (Å²) in [6.45, 7) is 0.198. The summed E-state index contributed by atoms with van der Waals surface area (Å²) in [5.74, 6) is 0. The summed E-state index contributed by atoms with van der Waals surface area (Å²) in [4.78, 5) is 0. The van der Waals surface area contributed by atoms with Gasteiger partial charge in [0, 0.05) is 18.4 Å². The first kappa shape index (κ1) is 5.72. The van der Waals surface area contributed by atoms with E-state index in [1.165, 1.54) is 11.5 Å². The first-order valence-corrected chi connectivity index (χ1v) is 3.27. The highest BCUT2D eigenvalue weighted by Gasteiger charge is 1.89. The summed E-state index contributed by atoms with van der Waals surface area (Å²) in [5, 5.41) is 10.3. The summed E-state index contributed by atoms with van der Waals surface area (Å²) in [6, 6.07) is 1.92. The zero-order valence-corrected chi connectivity index (χ0v) is 5.19. The van der Waals surface area contributed by atoms with Crippen molar-refractivity contribution >= 4 is 11.5 Å². The van der Waals surface area contributed by atoms with Crippen LogP contribution < -0.4 is 0 Å². The summed E-state index contributed by atoms with van der Waals surface area (Å²) in [7, 11) is 0. The van der Waals surface area contributed by atoms with Gasteiger partial charge in [0.1, 0.15) is 0 Å². The Balaban J connectivity index is 2.50.